The third-order valence-corrected chi connectivity index (χ3v) is 6.75. The monoisotopic (exact) mass is 329 g/mol. The van der Waals surface area contributed by atoms with E-state index in [0.717, 1.165) is 11.8 Å². The smallest absolute Gasteiger partial charge is 0.0100 e. The summed E-state index contributed by atoms with van der Waals surface area (Å²) in [5, 5.41) is 1.21. The molecule has 2 fully saturated rings. The third-order valence-electron chi connectivity index (χ3n) is 5.56. The Morgan fingerprint density at radius 1 is 1.05 bits per heavy atom. The largest absolute Gasteiger partial charge is 0.303 e. The van der Waals surface area contributed by atoms with Crippen molar-refractivity contribution in [2.45, 2.75) is 65.2 Å². The zero-order valence-electron chi connectivity index (χ0n) is 13.0. The lowest BCUT2D eigenvalue weighted by atomic mass is 9.75. The molecule has 2 rings (SSSR count). The quantitative estimate of drug-likeness (QED) is 0.649. The van der Waals surface area contributed by atoms with Gasteiger partial charge >= 0.3 is 0 Å². The predicted molar refractivity (Wildman–Crippen MR) is 87.9 cm³/mol. The Labute approximate surface area is 128 Å². The van der Waals surface area contributed by atoms with Crippen molar-refractivity contribution in [3.63, 3.8) is 0 Å². The molecule has 2 heteroatoms. The van der Waals surface area contributed by atoms with E-state index < -0.39 is 0 Å². The van der Waals surface area contributed by atoms with Crippen LogP contribution in [-0.4, -0.2) is 29.9 Å². The summed E-state index contributed by atoms with van der Waals surface area (Å²) in [6, 6.07) is 0. The second kappa shape index (κ2) is 7.45. The summed E-state index contributed by atoms with van der Waals surface area (Å²) in [5.74, 6) is 1.84. The van der Waals surface area contributed by atoms with Gasteiger partial charge in [0.05, 0.1) is 0 Å². The molecule has 0 aromatic heterocycles. The molecule has 1 atom stereocenters. The van der Waals surface area contributed by atoms with Gasteiger partial charge in [-0.15, -0.1) is 0 Å². The lowest BCUT2D eigenvalue weighted by Gasteiger charge is -2.40. The maximum Gasteiger partial charge on any atom is 0.0100 e. The number of likely N-dealkylation sites (tertiary alicyclic amines) is 1. The highest BCUT2D eigenvalue weighted by atomic mass is 79.9. The van der Waals surface area contributed by atoms with Gasteiger partial charge in [0.25, 0.3) is 0 Å². The van der Waals surface area contributed by atoms with Crippen LogP contribution in [0.1, 0.15) is 65.2 Å². The fraction of sp³-hybridized carbons (Fsp3) is 1.00. The molecular formula is C17H32BrN. The van der Waals surface area contributed by atoms with E-state index in [4.69, 9.17) is 0 Å². The van der Waals surface area contributed by atoms with Gasteiger partial charge in [-0.05, 0) is 62.4 Å². The minimum Gasteiger partial charge on any atom is -0.303 e. The molecule has 1 saturated carbocycles. The third kappa shape index (κ3) is 4.46. The lowest BCUT2D eigenvalue weighted by Crippen LogP contribution is -2.41. The first-order valence-corrected chi connectivity index (χ1v) is 9.56. The Hall–Kier alpha value is 0.440. The van der Waals surface area contributed by atoms with Crippen molar-refractivity contribution in [3.05, 3.63) is 0 Å². The second-order valence-electron chi connectivity index (χ2n) is 7.41. The topological polar surface area (TPSA) is 3.24 Å². The molecule has 0 N–H and O–H groups in total. The minimum atomic E-state index is 0.593. The summed E-state index contributed by atoms with van der Waals surface area (Å²) >= 11 is 3.82. The molecule has 1 saturated heterocycles. The molecule has 2 aliphatic rings. The zero-order valence-corrected chi connectivity index (χ0v) is 14.6. The molecule has 1 heterocycles. The zero-order chi connectivity index (χ0) is 13.7. The number of hydrogen-bond acceptors (Lipinski definition) is 1. The van der Waals surface area contributed by atoms with Crippen molar-refractivity contribution in [2.75, 3.05) is 25.0 Å². The Balaban J connectivity index is 1.87. The van der Waals surface area contributed by atoms with E-state index in [0.29, 0.717) is 5.41 Å². The molecule has 0 radical (unpaired) electrons. The molecule has 112 valence electrons. The number of rotatable bonds is 4. The van der Waals surface area contributed by atoms with Gasteiger partial charge in [0.15, 0.2) is 0 Å². The predicted octanol–water partition coefficient (Wildman–Crippen LogP) is 5.09. The molecule has 0 amide bonds. The van der Waals surface area contributed by atoms with Crippen LogP contribution in [0.25, 0.3) is 0 Å². The van der Waals surface area contributed by atoms with E-state index in [1.165, 1.54) is 76.3 Å². The Kier molecular flexibility index (Phi) is 6.20. The number of hydrogen-bond donors (Lipinski definition) is 0. The molecule has 1 nitrogen and oxygen atoms in total. The number of halogens is 1. The van der Waals surface area contributed by atoms with Crippen molar-refractivity contribution < 1.29 is 0 Å². The summed E-state index contributed by atoms with van der Waals surface area (Å²) in [5.41, 5.74) is 0.593. The van der Waals surface area contributed by atoms with Crippen molar-refractivity contribution in [2.24, 2.45) is 17.3 Å². The SMILES string of the molecule is CC(C)C1CCCN(CC2(CBr)CCCCC2)CC1. The highest BCUT2D eigenvalue weighted by Gasteiger charge is 2.33. The van der Waals surface area contributed by atoms with Gasteiger partial charge in [-0.25, -0.2) is 0 Å². The van der Waals surface area contributed by atoms with Crippen molar-refractivity contribution in [3.8, 4) is 0 Å². The second-order valence-corrected chi connectivity index (χ2v) is 7.97. The first kappa shape index (κ1) is 15.8. The lowest BCUT2D eigenvalue weighted by molar-refractivity contribution is 0.128. The normalized spacial score (nSPS) is 29.4. The van der Waals surface area contributed by atoms with Crippen LogP contribution in [-0.2, 0) is 0 Å². The van der Waals surface area contributed by atoms with Crippen LogP contribution in [0.2, 0.25) is 0 Å². The Bertz CT molecular complexity index is 258. The summed E-state index contributed by atoms with van der Waals surface area (Å²) in [7, 11) is 0. The maximum absolute atomic E-state index is 3.82. The summed E-state index contributed by atoms with van der Waals surface area (Å²) < 4.78 is 0. The first-order valence-electron chi connectivity index (χ1n) is 8.43. The van der Waals surface area contributed by atoms with Crippen molar-refractivity contribution >= 4 is 15.9 Å². The van der Waals surface area contributed by atoms with Gasteiger partial charge in [-0.1, -0.05) is 49.0 Å². The van der Waals surface area contributed by atoms with E-state index in [9.17, 15) is 0 Å². The van der Waals surface area contributed by atoms with Gasteiger partial charge < -0.3 is 4.90 Å². The van der Waals surface area contributed by atoms with Crippen LogP contribution >= 0.6 is 15.9 Å². The molecule has 1 aliphatic heterocycles. The fourth-order valence-corrected chi connectivity index (χ4v) is 4.85. The van der Waals surface area contributed by atoms with Crippen molar-refractivity contribution in [1.29, 1.82) is 0 Å². The van der Waals surface area contributed by atoms with Crippen LogP contribution in [0.4, 0.5) is 0 Å². The first-order chi connectivity index (χ1) is 9.15. The maximum atomic E-state index is 3.82. The average Bonchev–Trinajstić information content (AvgIpc) is 2.65. The highest BCUT2D eigenvalue weighted by molar-refractivity contribution is 9.09. The van der Waals surface area contributed by atoms with Crippen LogP contribution in [0, 0.1) is 17.3 Å². The van der Waals surface area contributed by atoms with Gasteiger partial charge in [0.2, 0.25) is 0 Å². The van der Waals surface area contributed by atoms with Crippen LogP contribution in [0.15, 0.2) is 0 Å². The molecular weight excluding hydrogens is 298 g/mol. The van der Waals surface area contributed by atoms with Crippen LogP contribution in [0.5, 0.6) is 0 Å². The van der Waals surface area contributed by atoms with Crippen molar-refractivity contribution in [1.82, 2.24) is 4.90 Å². The molecule has 19 heavy (non-hydrogen) atoms. The number of nitrogens with zero attached hydrogens (tertiary/aromatic N) is 1. The molecule has 0 spiro atoms. The average molecular weight is 330 g/mol. The van der Waals surface area contributed by atoms with E-state index >= 15 is 0 Å². The Morgan fingerprint density at radius 2 is 1.79 bits per heavy atom. The van der Waals surface area contributed by atoms with Gasteiger partial charge in [-0.2, -0.15) is 0 Å². The summed E-state index contributed by atoms with van der Waals surface area (Å²) in [4.78, 5) is 2.79. The molecule has 1 unspecified atom stereocenters. The van der Waals surface area contributed by atoms with Gasteiger partial charge in [0.1, 0.15) is 0 Å². The van der Waals surface area contributed by atoms with E-state index in [1.807, 2.05) is 0 Å². The molecule has 0 aromatic carbocycles. The summed E-state index contributed by atoms with van der Waals surface area (Å²) in [6.07, 6.45) is 11.6. The molecule has 1 aliphatic carbocycles. The standard InChI is InChI=1S/C17H32BrN/c1-15(2)16-7-6-11-19(12-8-16)14-17(13-18)9-4-3-5-10-17/h15-16H,3-14H2,1-2H3. The van der Waals surface area contributed by atoms with Gasteiger partial charge in [0, 0.05) is 11.9 Å². The molecule has 0 aromatic rings. The van der Waals surface area contributed by atoms with E-state index in [-0.39, 0.29) is 0 Å². The summed E-state index contributed by atoms with van der Waals surface area (Å²) in [6.45, 7) is 8.85. The van der Waals surface area contributed by atoms with Crippen LogP contribution in [0.3, 0.4) is 0 Å². The minimum absolute atomic E-state index is 0.593. The van der Waals surface area contributed by atoms with E-state index in [2.05, 4.69) is 34.7 Å². The van der Waals surface area contributed by atoms with Crippen LogP contribution < -0.4 is 0 Å². The molecule has 0 bridgehead atoms. The number of alkyl halides is 1. The highest BCUT2D eigenvalue weighted by Crippen LogP contribution is 2.39. The fourth-order valence-electron chi connectivity index (χ4n) is 4.12. The van der Waals surface area contributed by atoms with E-state index in [1.54, 1.807) is 0 Å². The Morgan fingerprint density at radius 3 is 2.42 bits per heavy atom. The van der Waals surface area contributed by atoms with Gasteiger partial charge in [-0.3, -0.25) is 0 Å².